The van der Waals surface area contributed by atoms with Crippen molar-refractivity contribution in [2.75, 3.05) is 23.3 Å². The quantitative estimate of drug-likeness (QED) is 0.810. The van der Waals surface area contributed by atoms with Gasteiger partial charge in [-0.1, -0.05) is 26.0 Å². The van der Waals surface area contributed by atoms with E-state index in [0.29, 0.717) is 5.56 Å². The van der Waals surface area contributed by atoms with E-state index in [1.807, 2.05) is 44.3 Å². The lowest BCUT2D eigenvalue weighted by molar-refractivity contribution is 0.102. The molecule has 1 amide bonds. The minimum absolute atomic E-state index is 0.119. The van der Waals surface area contributed by atoms with Gasteiger partial charge in [0.05, 0.1) is 17.4 Å². The number of carbonyl (C=O) groups is 1. The van der Waals surface area contributed by atoms with Crippen LogP contribution in [0.5, 0.6) is 0 Å². The molecule has 2 aromatic rings. The van der Waals surface area contributed by atoms with Crippen molar-refractivity contribution in [1.29, 1.82) is 0 Å². The van der Waals surface area contributed by atoms with Crippen molar-refractivity contribution >= 4 is 17.3 Å². The molecule has 0 aliphatic carbocycles. The lowest BCUT2D eigenvalue weighted by Crippen LogP contribution is -2.25. The normalized spacial score (nSPS) is 10.5. The molecule has 1 aromatic heterocycles. The number of benzene rings is 1. The molecule has 0 saturated carbocycles. The van der Waals surface area contributed by atoms with Crippen LogP contribution in [0.3, 0.4) is 0 Å². The second kappa shape index (κ2) is 8.48. The summed E-state index contributed by atoms with van der Waals surface area (Å²) in [6.07, 6.45) is 5.60. The number of hydrogen-bond acceptors (Lipinski definition) is 3. The Hall–Kier alpha value is -2.36. The van der Waals surface area contributed by atoms with Crippen LogP contribution in [0.4, 0.5) is 11.4 Å². The predicted octanol–water partition coefficient (Wildman–Crippen LogP) is 4.58. The molecule has 0 spiro atoms. The van der Waals surface area contributed by atoms with Crippen LogP contribution in [0.15, 0.2) is 36.7 Å². The van der Waals surface area contributed by atoms with E-state index in [-0.39, 0.29) is 5.91 Å². The van der Waals surface area contributed by atoms with Crippen molar-refractivity contribution in [3.05, 3.63) is 53.3 Å². The second-order valence-corrected chi connectivity index (χ2v) is 6.19. The largest absolute Gasteiger partial charge is 0.370 e. The average Bonchev–Trinajstić information content (AvgIpc) is 2.58. The Labute approximate surface area is 144 Å². The lowest BCUT2D eigenvalue weighted by Gasteiger charge is -2.23. The van der Waals surface area contributed by atoms with Crippen molar-refractivity contribution in [3.8, 4) is 0 Å². The highest BCUT2D eigenvalue weighted by Gasteiger charge is 2.12. The standard InChI is InChI=1S/C20H27N3O/c1-5-9-23(10-6-2)18-12-17(13-21-14-18)20(24)22-19-11-15(3)7-8-16(19)4/h7-8,11-14H,5-6,9-10H2,1-4H3,(H,22,24). The molecular formula is C20H27N3O. The first-order chi connectivity index (χ1) is 11.5. The molecule has 1 N–H and O–H groups in total. The van der Waals surface area contributed by atoms with Crippen LogP contribution in [0.2, 0.25) is 0 Å². The number of hydrogen-bond donors (Lipinski definition) is 1. The van der Waals surface area contributed by atoms with E-state index in [1.165, 1.54) is 0 Å². The lowest BCUT2D eigenvalue weighted by atomic mass is 10.1. The summed E-state index contributed by atoms with van der Waals surface area (Å²) in [6, 6.07) is 7.98. The molecule has 4 nitrogen and oxygen atoms in total. The van der Waals surface area contributed by atoms with Crippen LogP contribution in [-0.2, 0) is 0 Å². The summed E-state index contributed by atoms with van der Waals surface area (Å²) in [4.78, 5) is 19.1. The molecule has 2 rings (SSSR count). The summed E-state index contributed by atoms with van der Waals surface area (Å²) in [6.45, 7) is 10.3. The highest BCUT2D eigenvalue weighted by atomic mass is 16.1. The Morgan fingerprint density at radius 3 is 2.46 bits per heavy atom. The average molecular weight is 325 g/mol. The number of rotatable bonds is 7. The van der Waals surface area contributed by atoms with E-state index in [0.717, 1.165) is 48.4 Å². The van der Waals surface area contributed by atoms with Crippen molar-refractivity contribution in [2.24, 2.45) is 0 Å². The predicted molar refractivity (Wildman–Crippen MR) is 101 cm³/mol. The maximum Gasteiger partial charge on any atom is 0.257 e. The Morgan fingerprint density at radius 1 is 1.08 bits per heavy atom. The van der Waals surface area contributed by atoms with Gasteiger partial charge in [0.25, 0.3) is 5.91 Å². The number of pyridine rings is 1. The number of amides is 1. The van der Waals surface area contributed by atoms with Crippen molar-refractivity contribution in [3.63, 3.8) is 0 Å². The molecule has 1 heterocycles. The van der Waals surface area contributed by atoms with E-state index in [9.17, 15) is 4.79 Å². The first-order valence-corrected chi connectivity index (χ1v) is 8.63. The van der Waals surface area contributed by atoms with Gasteiger partial charge < -0.3 is 10.2 Å². The third kappa shape index (κ3) is 4.57. The van der Waals surface area contributed by atoms with Gasteiger partial charge in [0.2, 0.25) is 0 Å². The summed E-state index contributed by atoms with van der Waals surface area (Å²) in [5, 5.41) is 3.00. The third-order valence-corrected chi connectivity index (χ3v) is 3.98. The van der Waals surface area contributed by atoms with E-state index >= 15 is 0 Å². The zero-order valence-corrected chi connectivity index (χ0v) is 15.1. The number of aromatic nitrogens is 1. The van der Waals surface area contributed by atoms with Gasteiger partial charge in [-0.05, 0) is 49.9 Å². The van der Waals surface area contributed by atoms with Gasteiger partial charge in [0.15, 0.2) is 0 Å². The van der Waals surface area contributed by atoms with Crippen LogP contribution in [-0.4, -0.2) is 24.0 Å². The maximum absolute atomic E-state index is 12.6. The van der Waals surface area contributed by atoms with Gasteiger partial charge >= 0.3 is 0 Å². The molecule has 128 valence electrons. The molecule has 1 aromatic carbocycles. The van der Waals surface area contributed by atoms with Crippen LogP contribution in [0.1, 0.15) is 48.2 Å². The van der Waals surface area contributed by atoms with Gasteiger partial charge in [-0.2, -0.15) is 0 Å². The molecule has 0 unspecified atom stereocenters. The van der Waals surface area contributed by atoms with Crippen molar-refractivity contribution in [2.45, 2.75) is 40.5 Å². The molecule has 0 atom stereocenters. The van der Waals surface area contributed by atoms with Crippen LogP contribution < -0.4 is 10.2 Å². The minimum atomic E-state index is -0.119. The molecule has 0 fully saturated rings. The summed E-state index contributed by atoms with van der Waals surface area (Å²) in [5.74, 6) is -0.119. The smallest absolute Gasteiger partial charge is 0.257 e. The van der Waals surface area contributed by atoms with Crippen LogP contribution in [0, 0.1) is 13.8 Å². The molecule has 0 radical (unpaired) electrons. The van der Waals surface area contributed by atoms with Crippen LogP contribution >= 0.6 is 0 Å². The van der Waals surface area contributed by atoms with Crippen molar-refractivity contribution in [1.82, 2.24) is 4.98 Å². The fraction of sp³-hybridized carbons (Fsp3) is 0.400. The molecular weight excluding hydrogens is 298 g/mol. The number of nitrogens with zero attached hydrogens (tertiary/aromatic N) is 2. The number of aryl methyl sites for hydroxylation is 2. The van der Waals surface area contributed by atoms with Crippen LogP contribution in [0.25, 0.3) is 0 Å². The first-order valence-electron chi connectivity index (χ1n) is 8.63. The SMILES string of the molecule is CCCN(CCC)c1cncc(C(=O)Nc2cc(C)ccc2C)c1. The molecule has 4 heteroatoms. The summed E-state index contributed by atoms with van der Waals surface area (Å²) >= 11 is 0. The number of carbonyl (C=O) groups excluding carboxylic acids is 1. The molecule has 0 aliphatic heterocycles. The van der Waals surface area contributed by atoms with E-state index in [2.05, 4.69) is 29.0 Å². The highest BCUT2D eigenvalue weighted by molar-refractivity contribution is 6.05. The molecule has 24 heavy (non-hydrogen) atoms. The van der Waals surface area contributed by atoms with E-state index in [1.54, 1.807) is 6.20 Å². The van der Waals surface area contributed by atoms with Gasteiger partial charge in [-0.3, -0.25) is 9.78 Å². The third-order valence-electron chi connectivity index (χ3n) is 3.98. The summed E-state index contributed by atoms with van der Waals surface area (Å²) in [7, 11) is 0. The van der Waals surface area contributed by atoms with Gasteiger partial charge in [-0.15, -0.1) is 0 Å². The minimum Gasteiger partial charge on any atom is -0.370 e. The highest BCUT2D eigenvalue weighted by Crippen LogP contribution is 2.19. The van der Waals surface area contributed by atoms with Crippen molar-refractivity contribution < 1.29 is 4.79 Å². The Bertz CT molecular complexity index is 691. The fourth-order valence-electron chi connectivity index (χ4n) is 2.70. The van der Waals surface area contributed by atoms with E-state index in [4.69, 9.17) is 0 Å². The van der Waals surface area contributed by atoms with Gasteiger partial charge in [0, 0.05) is 25.0 Å². The zero-order valence-electron chi connectivity index (χ0n) is 15.1. The maximum atomic E-state index is 12.6. The second-order valence-electron chi connectivity index (χ2n) is 6.19. The molecule has 0 saturated heterocycles. The Kier molecular flexibility index (Phi) is 6.36. The van der Waals surface area contributed by atoms with E-state index < -0.39 is 0 Å². The number of nitrogens with one attached hydrogen (secondary N) is 1. The Morgan fingerprint density at radius 2 is 1.79 bits per heavy atom. The summed E-state index contributed by atoms with van der Waals surface area (Å²) < 4.78 is 0. The zero-order chi connectivity index (χ0) is 17.5. The molecule has 0 bridgehead atoms. The number of anilines is 2. The van der Waals surface area contributed by atoms with Gasteiger partial charge in [-0.25, -0.2) is 0 Å². The first kappa shape index (κ1) is 18.0. The topological polar surface area (TPSA) is 45.2 Å². The molecule has 0 aliphatic rings. The Balaban J connectivity index is 2.20. The van der Waals surface area contributed by atoms with Gasteiger partial charge in [0.1, 0.15) is 0 Å². The monoisotopic (exact) mass is 325 g/mol. The summed E-state index contributed by atoms with van der Waals surface area (Å²) in [5.41, 5.74) is 4.62. The fourth-order valence-corrected chi connectivity index (χ4v) is 2.70.